The Hall–Kier alpha value is -1.59. The van der Waals surface area contributed by atoms with Crippen LogP contribution in [-0.4, -0.2) is 34.6 Å². The Labute approximate surface area is 117 Å². The van der Waals surface area contributed by atoms with E-state index in [2.05, 4.69) is 5.32 Å². The monoisotopic (exact) mass is 277 g/mol. The normalized spacial score (nSPS) is 35.0. The molecule has 0 saturated heterocycles. The first-order valence-corrected chi connectivity index (χ1v) is 6.98. The fraction of sp³-hybridized carbons (Fsp3) is 0.533. The Morgan fingerprint density at radius 1 is 1.20 bits per heavy atom. The van der Waals surface area contributed by atoms with Gasteiger partial charge in [-0.15, -0.1) is 0 Å². The van der Waals surface area contributed by atoms with Crippen molar-refractivity contribution in [3.63, 3.8) is 0 Å². The van der Waals surface area contributed by atoms with E-state index in [-0.39, 0.29) is 24.5 Å². The fourth-order valence-corrected chi connectivity index (χ4v) is 3.38. The van der Waals surface area contributed by atoms with Gasteiger partial charge in [0.05, 0.1) is 12.2 Å². The molecule has 20 heavy (non-hydrogen) atoms. The minimum atomic E-state index is -0.729. The van der Waals surface area contributed by atoms with E-state index >= 15 is 0 Å². The number of aliphatic hydroxyl groups is 2. The molecule has 0 radical (unpaired) electrons. The van der Waals surface area contributed by atoms with Crippen LogP contribution in [0.25, 0.3) is 0 Å². The summed E-state index contributed by atoms with van der Waals surface area (Å²) in [4.78, 5) is 11.8. The SMILES string of the molecule is O=C(NC1CC2CC1C(O)C2O)OCc1ccccc1. The minimum absolute atomic E-state index is 0.0562. The van der Waals surface area contributed by atoms with Crippen LogP contribution in [0.15, 0.2) is 30.3 Å². The van der Waals surface area contributed by atoms with Crippen molar-refractivity contribution in [2.24, 2.45) is 11.8 Å². The lowest BCUT2D eigenvalue weighted by molar-refractivity contribution is -0.0258. The third-order valence-corrected chi connectivity index (χ3v) is 4.44. The molecule has 5 heteroatoms. The molecule has 3 N–H and O–H groups in total. The number of fused-ring (bicyclic) bond motifs is 2. The summed E-state index contributed by atoms with van der Waals surface area (Å²) in [5.74, 6) is 0.0358. The van der Waals surface area contributed by atoms with Gasteiger partial charge in [-0.25, -0.2) is 4.79 Å². The number of nitrogens with one attached hydrogen (secondary N) is 1. The maximum absolute atomic E-state index is 11.8. The number of hydrogen-bond acceptors (Lipinski definition) is 4. The van der Waals surface area contributed by atoms with E-state index in [1.165, 1.54) is 0 Å². The molecule has 0 aliphatic heterocycles. The zero-order chi connectivity index (χ0) is 14.1. The standard InChI is InChI=1S/C15H19NO4/c17-13-10-6-11(14(13)18)12(7-10)16-15(19)20-8-9-4-2-1-3-5-9/h1-5,10-14,17-18H,6-8H2,(H,16,19). The Balaban J connectivity index is 1.48. The van der Waals surface area contributed by atoms with Crippen molar-refractivity contribution in [1.29, 1.82) is 0 Å². The van der Waals surface area contributed by atoms with Crippen molar-refractivity contribution < 1.29 is 19.7 Å². The Morgan fingerprint density at radius 3 is 2.60 bits per heavy atom. The molecule has 1 aromatic rings. The molecule has 5 nitrogen and oxygen atoms in total. The predicted octanol–water partition coefficient (Wildman–Crippen LogP) is 1.04. The zero-order valence-electron chi connectivity index (χ0n) is 11.1. The Kier molecular flexibility index (Phi) is 3.63. The molecule has 2 fully saturated rings. The number of aliphatic hydroxyl groups excluding tert-OH is 2. The molecular formula is C15H19NO4. The number of carbonyl (C=O) groups excluding carboxylic acids is 1. The van der Waals surface area contributed by atoms with Crippen LogP contribution in [0.3, 0.4) is 0 Å². The van der Waals surface area contributed by atoms with Crippen molar-refractivity contribution in [2.75, 3.05) is 0 Å². The molecule has 2 aliphatic rings. The van der Waals surface area contributed by atoms with E-state index in [4.69, 9.17) is 4.74 Å². The third-order valence-electron chi connectivity index (χ3n) is 4.44. The summed E-state index contributed by atoms with van der Waals surface area (Å²) in [6.45, 7) is 0.235. The van der Waals surface area contributed by atoms with Crippen LogP contribution in [-0.2, 0) is 11.3 Å². The zero-order valence-corrected chi connectivity index (χ0v) is 11.1. The van der Waals surface area contributed by atoms with E-state index in [0.717, 1.165) is 12.0 Å². The number of hydrogen-bond donors (Lipinski definition) is 3. The quantitative estimate of drug-likeness (QED) is 0.771. The lowest BCUT2D eigenvalue weighted by atomic mass is 9.91. The molecule has 108 valence electrons. The molecule has 0 aromatic heterocycles. The van der Waals surface area contributed by atoms with Gasteiger partial charge < -0.3 is 20.3 Å². The van der Waals surface area contributed by atoms with Gasteiger partial charge in [0, 0.05) is 12.0 Å². The van der Waals surface area contributed by atoms with Crippen molar-refractivity contribution in [1.82, 2.24) is 5.32 Å². The highest BCUT2D eigenvalue weighted by atomic mass is 16.5. The van der Waals surface area contributed by atoms with Crippen LogP contribution < -0.4 is 5.32 Å². The van der Waals surface area contributed by atoms with Crippen LogP contribution in [0.2, 0.25) is 0 Å². The van der Waals surface area contributed by atoms with Gasteiger partial charge in [0.15, 0.2) is 0 Å². The maximum atomic E-state index is 11.8. The highest BCUT2D eigenvalue weighted by Gasteiger charge is 2.52. The van der Waals surface area contributed by atoms with E-state index in [9.17, 15) is 15.0 Å². The van der Waals surface area contributed by atoms with Crippen molar-refractivity contribution >= 4 is 6.09 Å². The summed E-state index contributed by atoms with van der Waals surface area (Å²) in [6.07, 6.45) is -0.352. The number of benzene rings is 1. The van der Waals surface area contributed by atoms with Gasteiger partial charge in [-0.1, -0.05) is 30.3 Å². The van der Waals surface area contributed by atoms with Gasteiger partial charge in [-0.3, -0.25) is 0 Å². The average Bonchev–Trinajstić information content (AvgIpc) is 2.98. The Bertz CT molecular complexity index is 476. The molecule has 5 unspecified atom stereocenters. The summed E-state index contributed by atoms with van der Waals surface area (Å²) in [6, 6.07) is 9.39. The molecule has 2 bridgehead atoms. The molecule has 2 saturated carbocycles. The second-order valence-electron chi connectivity index (χ2n) is 5.69. The van der Waals surface area contributed by atoms with Gasteiger partial charge >= 0.3 is 6.09 Å². The fourth-order valence-electron chi connectivity index (χ4n) is 3.38. The summed E-state index contributed by atoms with van der Waals surface area (Å²) >= 11 is 0. The molecule has 1 amide bonds. The van der Waals surface area contributed by atoms with Crippen molar-refractivity contribution in [3.8, 4) is 0 Å². The number of carbonyl (C=O) groups is 1. The summed E-state index contributed by atoms with van der Waals surface area (Å²) in [5.41, 5.74) is 0.936. The summed E-state index contributed by atoms with van der Waals surface area (Å²) in [5, 5.41) is 22.3. The highest BCUT2D eigenvalue weighted by Crippen LogP contribution is 2.44. The molecule has 1 aromatic carbocycles. The molecule has 0 heterocycles. The second-order valence-corrected chi connectivity index (χ2v) is 5.69. The molecule has 0 spiro atoms. The Morgan fingerprint density at radius 2 is 1.95 bits per heavy atom. The summed E-state index contributed by atoms with van der Waals surface area (Å²) in [7, 11) is 0. The average molecular weight is 277 g/mol. The smallest absolute Gasteiger partial charge is 0.407 e. The minimum Gasteiger partial charge on any atom is -0.445 e. The van der Waals surface area contributed by atoms with Crippen LogP contribution >= 0.6 is 0 Å². The van der Waals surface area contributed by atoms with Gasteiger partial charge in [0.25, 0.3) is 0 Å². The molecular weight excluding hydrogens is 258 g/mol. The molecule has 3 rings (SSSR count). The van der Waals surface area contributed by atoms with Gasteiger partial charge in [0.2, 0.25) is 0 Å². The lowest BCUT2D eigenvalue weighted by Gasteiger charge is -2.29. The third kappa shape index (κ3) is 2.51. The first-order chi connectivity index (χ1) is 9.65. The van der Waals surface area contributed by atoms with Crippen molar-refractivity contribution in [3.05, 3.63) is 35.9 Å². The summed E-state index contributed by atoms with van der Waals surface area (Å²) < 4.78 is 5.17. The topological polar surface area (TPSA) is 78.8 Å². The first-order valence-electron chi connectivity index (χ1n) is 6.98. The van der Waals surface area contributed by atoms with E-state index in [1.807, 2.05) is 30.3 Å². The largest absolute Gasteiger partial charge is 0.445 e. The van der Waals surface area contributed by atoms with Crippen LogP contribution in [0.1, 0.15) is 18.4 Å². The second kappa shape index (κ2) is 5.42. The van der Waals surface area contributed by atoms with Gasteiger partial charge in [-0.05, 0) is 24.3 Å². The van der Waals surface area contributed by atoms with E-state index in [0.29, 0.717) is 6.42 Å². The van der Waals surface area contributed by atoms with E-state index in [1.54, 1.807) is 0 Å². The van der Waals surface area contributed by atoms with E-state index < -0.39 is 18.3 Å². The highest BCUT2D eigenvalue weighted by molar-refractivity contribution is 5.67. The molecule has 5 atom stereocenters. The number of rotatable bonds is 3. The lowest BCUT2D eigenvalue weighted by Crippen LogP contribution is -2.47. The number of ether oxygens (including phenoxy) is 1. The number of alkyl carbamates (subject to hydrolysis) is 1. The number of amides is 1. The van der Waals surface area contributed by atoms with Gasteiger partial charge in [-0.2, -0.15) is 0 Å². The van der Waals surface area contributed by atoms with Crippen LogP contribution in [0.5, 0.6) is 0 Å². The molecule has 2 aliphatic carbocycles. The van der Waals surface area contributed by atoms with Crippen molar-refractivity contribution in [2.45, 2.75) is 37.7 Å². The van der Waals surface area contributed by atoms with Crippen LogP contribution in [0, 0.1) is 11.8 Å². The predicted molar refractivity (Wildman–Crippen MR) is 71.8 cm³/mol. The van der Waals surface area contributed by atoms with Crippen LogP contribution in [0.4, 0.5) is 4.79 Å². The first kappa shape index (κ1) is 13.4. The maximum Gasteiger partial charge on any atom is 0.407 e. The van der Waals surface area contributed by atoms with Gasteiger partial charge in [0.1, 0.15) is 6.61 Å².